The molecule has 0 unspecified atom stereocenters. The smallest absolute Gasteiger partial charge is 0.357 e. The molecule has 134 valence electrons. The van der Waals surface area contributed by atoms with E-state index in [1.165, 1.54) is 0 Å². The topological polar surface area (TPSA) is 40.5 Å². The molecule has 0 radical (unpaired) electrons. The average Bonchev–Trinajstić information content (AvgIpc) is 2.92. The Kier molecular flexibility index (Phi) is 10.8. The van der Waals surface area contributed by atoms with E-state index in [4.69, 9.17) is 0 Å². The molecule has 0 atom stereocenters. The first-order valence-electron chi connectivity index (χ1n) is 7.39. The van der Waals surface area contributed by atoms with Crippen molar-refractivity contribution in [2.24, 2.45) is 4.99 Å². The Morgan fingerprint density at radius 1 is 1.39 bits per heavy atom. The van der Waals surface area contributed by atoms with E-state index >= 15 is 0 Å². The number of alkyl halides is 3. The number of halogens is 4. The fraction of sp³-hybridized carbons (Fsp3) is 0.714. The van der Waals surface area contributed by atoms with Crippen molar-refractivity contribution >= 4 is 41.3 Å². The van der Waals surface area contributed by atoms with Crippen LogP contribution in [0.25, 0.3) is 0 Å². The molecule has 0 amide bonds. The van der Waals surface area contributed by atoms with Crippen LogP contribution < -0.4 is 5.32 Å². The van der Waals surface area contributed by atoms with E-state index < -0.39 is 11.9 Å². The summed E-state index contributed by atoms with van der Waals surface area (Å²) in [5.41, 5.74) is -0.816. The van der Waals surface area contributed by atoms with Gasteiger partial charge in [-0.3, -0.25) is 4.99 Å². The second-order valence-electron chi connectivity index (χ2n) is 4.89. The van der Waals surface area contributed by atoms with Crippen LogP contribution in [-0.2, 0) is 12.6 Å². The average molecular weight is 464 g/mol. The quantitative estimate of drug-likeness (QED) is 0.377. The van der Waals surface area contributed by atoms with Crippen LogP contribution in [0.2, 0.25) is 0 Å². The number of unbranched alkanes of at least 4 members (excludes halogenated alkanes) is 1. The summed E-state index contributed by atoms with van der Waals surface area (Å²) in [7, 11) is 1.96. The molecule has 0 aliphatic carbocycles. The highest BCUT2D eigenvalue weighted by atomic mass is 127. The van der Waals surface area contributed by atoms with Gasteiger partial charge in [0.25, 0.3) is 0 Å². The van der Waals surface area contributed by atoms with Crippen molar-refractivity contribution in [2.75, 3.05) is 26.7 Å². The largest absolute Gasteiger partial charge is 0.434 e. The van der Waals surface area contributed by atoms with Crippen molar-refractivity contribution in [3.63, 3.8) is 0 Å². The lowest BCUT2D eigenvalue weighted by molar-refractivity contribution is -0.140. The molecule has 0 spiro atoms. The van der Waals surface area contributed by atoms with Crippen LogP contribution in [0.4, 0.5) is 13.2 Å². The summed E-state index contributed by atoms with van der Waals surface area (Å²) in [6.07, 6.45) is -1.78. The number of rotatable bonds is 7. The molecule has 0 fully saturated rings. The minimum absolute atomic E-state index is 0. The summed E-state index contributed by atoms with van der Waals surface area (Å²) < 4.78 is 37.4. The zero-order chi connectivity index (χ0) is 16.6. The Morgan fingerprint density at radius 3 is 2.61 bits per heavy atom. The molecule has 1 rings (SSSR count). The van der Waals surface area contributed by atoms with Gasteiger partial charge in [0.15, 0.2) is 11.7 Å². The van der Waals surface area contributed by atoms with Crippen LogP contribution in [0.1, 0.15) is 37.4 Å². The van der Waals surface area contributed by atoms with Crippen molar-refractivity contribution in [2.45, 2.75) is 39.3 Å². The number of aromatic nitrogens is 1. The molecule has 0 bridgehead atoms. The maximum Gasteiger partial charge on any atom is 0.434 e. The lowest BCUT2D eigenvalue weighted by Gasteiger charge is -2.21. The van der Waals surface area contributed by atoms with Crippen molar-refractivity contribution in [3.05, 3.63) is 16.1 Å². The lowest BCUT2D eigenvalue weighted by atomic mass is 10.3. The van der Waals surface area contributed by atoms with Crippen molar-refractivity contribution in [3.8, 4) is 0 Å². The van der Waals surface area contributed by atoms with E-state index in [1.807, 2.05) is 18.9 Å². The summed E-state index contributed by atoms with van der Waals surface area (Å²) in [6.45, 7) is 6.18. The first-order chi connectivity index (χ1) is 10.4. The van der Waals surface area contributed by atoms with Gasteiger partial charge < -0.3 is 10.2 Å². The van der Waals surface area contributed by atoms with Crippen LogP contribution in [-0.4, -0.2) is 42.5 Å². The zero-order valence-electron chi connectivity index (χ0n) is 13.6. The van der Waals surface area contributed by atoms with E-state index in [2.05, 4.69) is 22.2 Å². The molecule has 0 aromatic carbocycles. The highest BCUT2D eigenvalue weighted by Crippen LogP contribution is 2.30. The molecule has 4 nitrogen and oxygen atoms in total. The van der Waals surface area contributed by atoms with Gasteiger partial charge in [-0.15, -0.1) is 35.3 Å². The second kappa shape index (κ2) is 11.1. The van der Waals surface area contributed by atoms with E-state index in [0.29, 0.717) is 18.0 Å². The Labute approximate surface area is 156 Å². The van der Waals surface area contributed by atoms with Crippen molar-refractivity contribution in [1.29, 1.82) is 0 Å². The third-order valence-corrected chi connectivity index (χ3v) is 3.88. The maximum absolute atomic E-state index is 12.5. The summed E-state index contributed by atoms with van der Waals surface area (Å²) in [5, 5.41) is 4.70. The molecule has 1 heterocycles. The van der Waals surface area contributed by atoms with Gasteiger partial charge in [0.2, 0.25) is 0 Å². The van der Waals surface area contributed by atoms with E-state index in [-0.39, 0.29) is 24.0 Å². The molecular weight excluding hydrogens is 440 g/mol. The second-order valence-corrected chi connectivity index (χ2v) is 5.83. The first kappa shape index (κ1) is 22.4. The number of nitrogens with one attached hydrogen (secondary N) is 1. The van der Waals surface area contributed by atoms with Gasteiger partial charge >= 0.3 is 6.18 Å². The van der Waals surface area contributed by atoms with Gasteiger partial charge in [-0.1, -0.05) is 13.3 Å². The Hall–Kier alpha value is -0.580. The van der Waals surface area contributed by atoms with Gasteiger partial charge in [0, 0.05) is 38.5 Å². The molecule has 9 heteroatoms. The molecule has 23 heavy (non-hydrogen) atoms. The fourth-order valence-electron chi connectivity index (χ4n) is 1.78. The van der Waals surface area contributed by atoms with Crippen LogP contribution >= 0.6 is 35.3 Å². The predicted octanol–water partition coefficient (Wildman–Crippen LogP) is 4.02. The highest BCUT2D eigenvalue weighted by molar-refractivity contribution is 14.0. The molecule has 0 saturated heterocycles. The van der Waals surface area contributed by atoms with Gasteiger partial charge in [-0.2, -0.15) is 13.2 Å². The molecule has 0 saturated carbocycles. The maximum atomic E-state index is 12.5. The van der Waals surface area contributed by atoms with E-state index in [1.54, 1.807) is 0 Å². The minimum atomic E-state index is -4.37. The van der Waals surface area contributed by atoms with E-state index in [0.717, 1.165) is 48.6 Å². The SMILES string of the molecule is CCCCN(C)C(=NCCc1nc(C(F)(F)F)cs1)NCC.I. The Balaban J connectivity index is 0.00000484. The summed E-state index contributed by atoms with van der Waals surface area (Å²) in [5.74, 6) is 0.781. The van der Waals surface area contributed by atoms with Crippen LogP contribution in [0.5, 0.6) is 0 Å². The fourth-order valence-corrected chi connectivity index (χ4v) is 2.58. The highest BCUT2D eigenvalue weighted by Gasteiger charge is 2.33. The number of nitrogens with zero attached hydrogens (tertiary/aromatic N) is 3. The van der Waals surface area contributed by atoms with Gasteiger partial charge in [0.05, 0.1) is 5.01 Å². The number of hydrogen-bond donors (Lipinski definition) is 1. The Bertz CT molecular complexity index is 477. The van der Waals surface area contributed by atoms with Crippen LogP contribution in [0.15, 0.2) is 10.4 Å². The Morgan fingerprint density at radius 2 is 2.09 bits per heavy atom. The third-order valence-electron chi connectivity index (χ3n) is 2.97. The van der Waals surface area contributed by atoms with Gasteiger partial charge in [0.1, 0.15) is 0 Å². The summed E-state index contributed by atoms with van der Waals surface area (Å²) >= 11 is 1.03. The summed E-state index contributed by atoms with van der Waals surface area (Å²) in [4.78, 5) is 10.1. The zero-order valence-corrected chi connectivity index (χ0v) is 16.8. The third kappa shape index (κ3) is 8.18. The van der Waals surface area contributed by atoms with Crippen LogP contribution in [0.3, 0.4) is 0 Å². The number of thiazole rings is 1. The lowest BCUT2D eigenvalue weighted by Crippen LogP contribution is -2.39. The standard InChI is InChI=1S/C14H23F3N4S.HI/c1-4-6-9-21(3)13(18-5-2)19-8-7-12-20-11(10-22-12)14(15,16)17;/h10H,4-9H2,1-3H3,(H,18,19);1H. The first-order valence-corrected chi connectivity index (χ1v) is 8.27. The predicted molar refractivity (Wildman–Crippen MR) is 99.8 cm³/mol. The van der Waals surface area contributed by atoms with Gasteiger partial charge in [-0.05, 0) is 13.3 Å². The molecule has 0 aliphatic heterocycles. The number of guanidine groups is 1. The number of hydrogen-bond acceptors (Lipinski definition) is 3. The monoisotopic (exact) mass is 464 g/mol. The van der Waals surface area contributed by atoms with Crippen molar-refractivity contribution in [1.82, 2.24) is 15.2 Å². The molecule has 1 aromatic rings. The number of aliphatic imine (C=N–C) groups is 1. The molecule has 1 aromatic heterocycles. The van der Waals surface area contributed by atoms with E-state index in [9.17, 15) is 13.2 Å². The molecule has 0 aliphatic rings. The summed E-state index contributed by atoms with van der Waals surface area (Å²) in [6, 6.07) is 0. The van der Waals surface area contributed by atoms with Crippen LogP contribution in [0, 0.1) is 0 Å². The molecular formula is C14H24F3IN4S. The minimum Gasteiger partial charge on any atom is -0.357 e. The van der Waals surface area contributed by atoms with Gasteiger partial charge in [-0.25, -0.2) is 4.98 Å². The molecule has 1 N–H and O–H groups in total. The normalized spacial score (nSPS) is 12.0. The van der Waals surface area contributed by atoms with Crippen molar-refractivity contribution < 1.29 is 13.2 Å².